The van der Waals surface area contributed by atoms with Gasteiger partial charge in [-0.3, -0.25) is 9.59 Å². The second-order valence-electron chi connectivity index (χ2n) is 10.6. The Balaban J connectivity index is 1.07. The molecule has 0 heterocycles. The van der Waals surface area contributed by atoms with Crippen LogP contribution in [-0.2, 0) is 9.59 Å². The predicted octanol–water partition coefficient (Wildman–Crippen LogP) is 4.43. The van der Waals surface area contributed by atoms with Gasteiger partial charge in [0, 0.05) is 24.9 Å². The molecule has 0 aliphatic heterocycles. The average molecular weight is 389 g/mol. The van der Waals surface area contributed by atoms with E-state index in [1.54, 1.807) is 0 Å². The molecule has 0 aromatic carbocycles. The summed E-state index contributed by atoms with van der Waals surface area (Å²) in [4.78, 5) is 24.5. The molecule has 4 nitrogen and oxygen atoms in total. The third-order valence-electron chi connectivity index (χ3n) is 8.71. The molecule has 4 rings (SSSR count). The van der Waals surface area contributed by atoms with E-state index in [0.29, 0.717) is 36.8 Å². The molecule has 4 heteroatoms. The van der Waals surface area contributed by atoms with Crippen molar-refractivity contribution < 1.29 is 9.59 Å². The summed E-state index contributed by atoms with van der Waals surface area (Å²) in [6.07, 6.45) is 13.7. The van der Waals surface area contributed by atoms with Crippen LogP contribution in [-0.4, -0.2) is 23.9 Å². The molecule has 28 heavy (non-hydrogen) atoms. The number of carbonyl (C=O) groups excluding carboxylic acids is 2. The summed E-state index contributed by atoms with van der Waals surface area (Å²) in [5.41, 5.74) is 0. The van der Waals surface area contributed by atoms with E-state index in [9.17, 15) is 9.59 Å². The fourth-order valence-electron chi connectivity index (χ4n) is 7.25. The van der Waals surface area contributed by atoms with Gasteiger partial charge in [-0.1, -0.05) is 12.8 Å². The Bertz CT molecular complexity index is 527. The van der Waals surface area contributed by atoms with E-state index < -0.39 is 0 Å². The van der Waals surface area contributed by atoms with E-state index in [-0.39, 0.29) is 11.8 Å². The molecule has 4 aliphatic rings. The number of hydrogen-bond acceptors (Lipinski definition) is 2. The summed E-state index contributed by atoms with van der Waals surface area (Å²) in [6.45, 7) is 4.38. The number of hydrogen-bond donors (Lipinski definition) is 2. The highest BCUT2D eigenvalue weighted by molar-refractivity contribution is 5.77. The van der Waals surface area contributed by atoms with Crippen LogP contribution in [0.1, 0.15) is 90.9 Å². The number of carbonyl (C=O) groups is 2. The zero-order chi connectivity index (χ0) is 19.7. The number of rotatable bonds is 9. The minimum Gasteiger partial charge on any atom is -0.353 e. The normalized spacial score (nSPS) is 37.8. The molecular formula is C24H40N2O2. The van der Waals surface area contributed by atoms with Crippen molar-refractivity contribution in [1.29, 1.82) is 0 Å². The van der Waals surface area contributed by atoms with E-state index in [2.05, 4.69) is 24.5 Å². The monoisotopic (exact) mass is 388 g/mol. The van der Waals surface area contributed by atoms with Crippen molar-refractivity contribution in [3.05, 3.63) is 0 Å². The van der Waals surface area contributed by atoms with Gasteiger partial charge in [-0.25, -0.2) is 0 Å². The first-order valence-corrected chi connectivity index (χ1v) is 12.1. The first-order chi connectivity index (χ1) is 13.5. The molecular weight excluding hydrogens is 348 g/mol. The summed E-state index contributed by atoms with van der Waals surface area (Å²) >= 11 is 0. The molecule has 4 bridgehead atoms. The minimum atomic E-state index is 0.172. The van der Waals surface area contributed by atoms with Crippen LogP contribution in [0.15, 0.2) is 0 Å². The second kappa shape index (κ2) is 8.75. The van der Waals surface area contributed by atoms with Crippen LogP contribution in [0.3, 0.4) is 0 Å². The first-order valence-electron chi connectivity index (χ1n) is 12.1. The predicted molar refractivity (Wildman–Crippen MR) is 112 cm³/mol. The topological polar surface area (TPSA) is 58.2 Å². The minimum absolute atomic E-state index is 0.172. The number of unbranched alkanes of at least 4 members (excludes halogenated alkanes) is 1. The van der Waals surface area contributed by atoms with Crippen molar-refractivity contribution in [2.45, 2.75) is 103 Å². The third kappa shape index (κ3) is 4.57. The fraction of sp³-hybridized carbons (Fsp3) is 0.917. The number of nitrogens with one attached hydrogen (secondary N) is 2. The van der Waals surface area contributed by atoms with Gasteiger partial charge in [0.1, 0.15) is 0 Å². The van der Waals surface area contributed by atoms with Crippen LogP contribution in [0.2, 0.25) is 0 Å². The molecule has 158 valence electrons. The van der Waals surface area contributed by atoms with Crippen molar-refractivity contribution in [3.8, 4) is 0 Å². The van der Waals surface area contributed by atoms with E-state index in [1.165, 1.54) is 51.4 Å². The Hall–Kier alpha value is -1.06. The lowest BCUT2D eigenvalue weighted by Gasteiger charge is -2.28. The first kappa shape index (κ1) is 20.2. The van der Waals surface area contributed by atoms with Crippen molar-refractivity contribution in [3.63, 3.8) is 0 Å². The molecule has 4 fully saturated rings. The summed E-state index contributed by atoms with van der Waals surface area (Å²) in [7, 11) is 0. The van der Waals surface area contributed by atoms with Gasteiger partial charge in [-0.05, 0) is 101 Å². The molecule has 0 aromatic rings. The highest BCUT2D eigenvalue weighted by atomic mass is 16.2. The van der Waals surface area contributed by atoms with Gasteiger partial charge >= 0.3 is 0 Å². The Labute approximate surface area is 171 Å². The Morgan fingerprint density at radius 3 is 1.46 bits per heavy atom. The lowest BCUT2D eigenvalue weighted by atomic mass is 9.84. The smallest absolute Gasteiger partial charge is 0.220 e. The maximum atomic E-state index is 12.3. The number of fused-ring (bicyclic) bond motifs is 4. The molecule has 0 unspecified atom stereocenters. The quantitative estimate of drug-likeness (QED) is 0.574. The van der Waals surface area contributed by atoms with Crippen molar-refractivity contribution in [2.75, 3.05) is 0 Å². The van der Waals surface area contributed by atoms with E-state index in [4.69, 9.17) is 0 Å². The third-order valence-corrected chi connectivity index (χ3v) is 8.71. The van der Waals surface area contributed by atoms with E-state index >= 15 is 0 Å². The average Bonchev–Trinajstić information content (AvgIpc) is 3.46. The van der Waals surface area contributed by atoms with Gasteiger partial charge in [0.05, 0.1) is 0 Å². The second-order valence-corrected chi connectivity index (χ2v) is 10.6. The molecule has 0 spiro atoms. The van der Waals surface area contributed by atoms with Gasteiger partial charge in [-0.2, -0.15) is 0 Å². The molecule has 2 amide bonds. The molecule has 0 saturated heterocycles. The molecule has 0 radical (unpaired) electrons. The van der Waals surface area contributed by atoms with Crippen molar-refractivity contribution in [1.82, 2.24) is 10.6 Å². The van der Waals surface area contributed by atoms with Gasteiger partial charge in [-0.15, -0.1) is 0 Å². The fourth-order valence-corrected chi connectivity index (χ4v) is 7.25. The van der Waals surface area contributed by atoms with Gasteiger partial charge in [0.2, 0.25) is 11.8 Å². The summed E-state index contributed by atoms with van der Waals surface area (Å²) in [6, 6.07) is 0.627. The van der Waals surface area contributed by atoms with Crippen LogP contribution >= 0.6 is 0 Å². The lowest BCUT2D eigenvalue weighted by Crippen LogP contribution is -2.40. The van der Waals surface area contributed by atoms with Crippen LogP contribution < -0.4 is 10.6 Å². The summed E-state index contributed by atoms with van der Waals surface area (Å²) < 4.78 is 0. The molecule has 4 saturated carbocycles. The lowest BCUT2D eigenvalue weighted by molar-refractivity contribution is -0.124. The van der Waals surface area contributed by atoms with Crippen molar-refractivity contribution in [2.24, 2.45) is 35.5 Å². The highest BCUT2D eigenvalue weighted by Gasteiger charge is 2.43. The highest BCUT2D eigenvalue weighted by Crippen LogP contribution is 2.50. The largest absolute Gasteiger partial charge is 0.353 e. The maximum Gasteiger partial charge on any atom is 0.220 e. The van der Waals surface area contributed by atoms with E-state index in [0.717, 1.165) is 36.5 Å². The van der Waals surface area contributed by atoms with E-state index in [1.807, 2.05) is 0 Å². The standard InChI is InChI=1S/C24H40N2O2/c1-15(21-13-17-7-9-19(21)11-17)25-23(27)5-3-4-6-24(28)26-16(2)22-14-18-8-10-20(22)12-18/h15-22H,3-14H2,1-2H3,(H,25,27)(H,26,28)/t15-,16+,17-,18-,19-,20-,21-,22+/m1/s1. The summed E-state index contributed by atoms with van der Waals surface area (Å²) in [5, 5.41) is 6.48. The SMILES string of the molecule is C[C@H](NC(=O)CCCCC(=O)N[C@H](C)[C@H]1C[C@@H]2CC[C@@H]1C2)[C@@H]1C[C@@H]2CC[C@@H]1C2. The van der Waals surface area contributed by atoms with Crippen molar-refractivity contribution >= 4 is 11.8 Å². The van der Waals surface area contributed by atoms with Crippen LogP contribution in [0, 0.1) is 35.5 Å². The summed E-state index contributed by atoms with van der Waals surface area (Å²) in [5.74, 6) is 5.28. The number of amides is 2. The molecule has 8 atom stereocenters. The molecule has 2 N–H and O–H groups in total. The van der Waals surface area contributed by atoms with Crippen LogP contribution in [0.25, 0.3) is 0 Å². The van der Waals surface area contributed by atoms with Crippen LogP contribution in [0.5, 0.6) is 0 Å². The zero-order valence-electron chi connectivity index (χ0n) is 17.9. The molecule has 4 aliphatic carbocycles. The maximum absolute atomic E-state index is 12.3. The van der Waals surface area contributed by atoms with Gasteiger partial charge in [0.15, 0.2) is 0 Å². The van der Waals surface area contributed by atoms with Crippen LogP contribution in [0.4, 0.5) is 0 Å². The van der Waals surface area contributed by atoms with Gasteiger partial charge in [0.25, 0.3) is 0 Å². The molecule has 0 aromatic heterocycles. The Morgan fingerprint density at radius 2 is 1.14 bits per heavy atom. The van der Waals surface area contributed by atoms with Gasteiger partial charge < -0.3 is 10.6 Å². The Kier molecular flexibility index (Phi) is 6.32. The zero-order valence-corrected chi connectivity index (χ0v) is 17.9. The Morgan fingerprint density at radius 1 is 0.714 bits per heavy atom.